The first-order valence-corrected chi connectivity index (χ1v) is 11.2. The first kappa shape index (κ1) is 19.0. The van der Waals surface area contributed by atoms with Crippen LogP contribution in [0.1, 0.15) is 16.7 Å². The molecule has 0 fully saturated rings. The number of thiophene rings is 1. The SMILES string of the molecule is Cc1cccc(CSc2nnc3n(Cc4ccc(F)cc4)c(=O)c4sccc4n23)c1. The lowest BCUT2D eigenvalue weighted by Crippen LogP contribution is -2.23. The van der Waals surface area contributed by atoms with Gasteiger partial charge in [0.1, 0.15) is 10.5 Å². The van der Waals surface area contributed by atoms with Crippen LogP contribution in [0.15, 0.2) is 69.9 Å². The minimum atomic E-state index is -0.303. The summed E-state index contributed by atoms with van der Waals surface area (Å²) in [6.07, 6.45) is 0. The normalized spacial score (nSPS) is 11.5. The Morgan fingerprint density at radius 3 is 2.70 bits per heavy atom. The fraction of sp³-hybridized carbons (Fsp3) is 0.136. The molecule has 0 saturated carbocycles. The molecule has 150 valence electrons. The molecule has 0 bridgehead atoms. The molecule has 8 heteroatoms. The van der Waals surface area contributed by atoms with Crippen LogP contribution >= 0.6 is 23.1 Å². The van der Waals surface area contributed by atoms with Crippen LogP contribution in [-0.4, -0.2) is 19.2 Å². The second-order valence-electron chi connectivity index (χ2n) is 7.05. The molecule has 0 spiro atoms. The van der Waals surface area contributed by atoms with E-state index >= 15 is 0 Å². The van der Waals surface area contributed by atoms with Crippen LogP contribution in [-0.2, 0) is 12.3 Å². The highest BCUT2D eigenvalue weighted by atomic mass is 32.2. The lowest BCUT2D eigenvalue weighted by Gasteiger charge is -2.09. The predicted octanol–water partition coefficient (Wildman–Crippen LogP) is 4.89. The van der Waals surface area contributed by atoms with E-state index in [2.05, 4.69) is 35.3 Å². The van der Waals surface area contributed by atoms with Crippen LogP contribution in [0, 0.1) is 12.7 Å². The van der Waals surface area contributed by atoms with Crippen LogP contribution in [0.2, 0.25) is 0 Å². The van der Waals surface area contributed by atoms with E-state index in [9.17, 15) is 9.18 Å². The number of nitrogens with zero attached hydrogens (tertiary/aromatic N) is 4. The standard InChI is InChI=1S/C22H17FN4OS2/c1-14-3-2-4-16(11-14)13-30-22-25-24-21-26(12-15-5-7-17(23)8-6-15)20(28)19-18(27(21)22)9-10-29-19/h2-11H,12-13H2,1H3. The van der Waals surface area contributed by atoms with E-state index < -0.39 is 0 Å². The lowest BCUT2D eigenvalue weighted by atomic mass is 10.2. The van der Waals surface area contributed by atoms with E-state index in [4.69, 9.17) is 0 Å². The third-order valence-electron chi connectivity index (χ3n) is 4.89. The monoisotopic (exact) mass is 436 g/mol. The topological polar surface area (TPSA) is 52.2 Å². The maximum atomic E-state index is 13.3. The van der Waals surface area contributed by atoms with E-state index in [-0.39, 0.29) is 11.4 Å². The Labute approximate surface area is 179 Å². The zero-order valence-electron chi connectivity index (χ0n) is 16.1. The molecule has 5 aromatic rings. The van der Waals surface area contributed by atoms with Gasteiger partial charge in [0, 0.05) is 5.75 Å². The number of fused-ring (bicyclic) bond motifs is 3. The number of halogens is 1. The molecule has 0 unspecified atom stereocenters. The Morgan fingerprint density at radius 1 is 1.07 bits per heavy atom. The van der Waals surface area contributed by atoms with Crippen molar-refractivity contribution in [2.24, 2.45) is 0 Å². The van der Waals surface area contributed by atoms with Crippen molar-refractivity contribution in [2.75, 3.05) is 0 Å². The number of rotatable bonds is 5. The largest absolute Gasteiger partial charge is 0.273 e. The number of aromatic nitrogens is 4. The third kappa shape index (κ3) is 3.42. The van der Waals surface area contributed by atoms with Gasteiger partial charge in [-0.15, -0.1) is 21.5 Å². The highest BCUT2D eigenvalue weighted by molar-refractivity contribution is 7.98. The van der Waals surface area contributed by atoms with Crippen LogP contribution in [0.3, 0.4) is 0 Å². The van der Waals surface area contributed by atoms with Crippen LogP contribution in [0.4, 0.5) is 4.39 Å². The van der Waals surface area contributed by atoms with Gasteiger partial charge >= 0.3 is 0 Å². The molecule has 2 aromatic carbocycles. The average Bonchev–Trinajstić information content (AvgIpc) is 3.38. The zero-order valence-corrected chi connectivity index (χ0v) is 17.7. The van der Waals surface area contributed by atoms with Crippen LogP contribution in [0.25, 0.3) is 16.0 Å². The van der Waals surface area contributed by atoms with Crippen molar-refractivity contribution in [1.29, 1.82) is 0 Å². The molecule has 0 aliphatic rings. The molecule has 0 aliphatic heterocycles. The molecule has 0 radical (unpaired) electrons. The van der Waals surface area contributed by atoms with Crippen molar-refractivity contribution < 1.29 is 4.39 Å². The summed E-state index contributed by atoms with van der Waals surface area (Å²) in [7, 11) is 0. The number of hydrogen-bond donors (Lipinski definition) is 0. The number of hydrogen-bond acceptors (Lipinski definition) is 5. The van der Waals surface area contributed by atoms with E-state index in [1.807, 2.05) is 21.9 Å². The van der Waals surface area contributed by atoms with Gasteiger partial charge in [-0.05, 0) is 41.6 Å². The minimum absolute atomic E-state index is 0.112. The Kier molecular flexibility index (Phi) is 4.88. The molecule has 5 rings (SSSR count). The van der Waals surface area contributed by atoms with E-state index in [1.165, 1.54) is 34.6 Å². The maximum absolute atomic E-state index is 13.3. The van der Waals surface area contributed by atoms with Crippen molar-refractivity contribution >= 4 is 39.1 Å². The highest BCUT2D eigenvalue weighted by Crippen LogP contribution is 2.27. The van der Waals surface area contributed by atoms with Crippen molar-refractivity contribution in [2.45, 2.75) is 24.4 Å². The predicted molar refractivity (Wildman–Crippen MR) is 119 cm³/mol. The molecule has 30 heavy (non-hydrogen) atoms. The van der Waals surface area contributed by atoms with Gasteiger partial charge in [0.2, 0.25) is 5.78 Å². The van der Waals surface area contributed by atoms with Gasteiger partial charge in [-0.1, -0.05) is 53.7 Å². The van der Waals surface area contributed by atoms with Crippen LogP contribution < -0.4 is 5.56 Å². The molecule has 3 aromatic heterocycles. The maximum Gasteiger partial charge on any atom is 0.273 e. The zero-order chi connectivity index (χ0) is 20.7. The van der Waals surface area contributed by atoms with Gasteiger partial charge in [-0.3, -0.25) is 13.8 Å². The summed E-state index contributed by atoms with van der Waals surface area (Å²) in [5, 5.41) is 11.4. The average molecular weight is 437 g/mol. The third-order valence-corrected chi connectivity index (χ3v) is 6.78. The fourth-order valence-corrected chi connectivity index (χ4v) is 5.17. The molecular formula is C22H17FN4OS2. The summed E-state index contributed by atoms with van der Waals surface area (Å²) in [6.45, 7) is 2.38. The highest BCUT2D eigenvalue weighted by Gasteiger charge is 2.18. The number of thioether (sulfide) groups is 1. The van der Waals surface area contributed by atoms with Crippen LogP contribution in [0.5, 0.6) is 0 Å². The van der Waals surface area contributed by atoms with Crippen molar-refractivity contribution in [3.05, 3.63) is 92.8 Å². The Hall–Kier alpha value is -2.97. The minimum Gasteiger partial charge on any atom is -0.271 e. The first-order chi connectivity index (χ1) is 14.6. The Bertz CT molecular complexity index is 1420. The summed E-state index contributed by atoms with van der Waals surface area (Å²) < 4.78 is 17.5. The van der Waals surface area contributed by atoms with E-state index in [1.54, 1.807) is 28.5 Å². The smallest absolute Gasteiger partial charge is 0.271 e. The van der Waals surface area contributed by atoms with Crippen molar-refractivity contribution in [1.82, 2.24) is 19.2 Å². The summed E-state index contributed by atoms with van der Waals surface area (Å²) in [5.74, 6) is 0.940. The molecule has 5 nitrogen and oxygen atoms in total. The van der Waals surface area contributed by atoms with Gasteiger partial charge in [0.15, 0.2) is 5.16 Å². The van der Waals surface area contributed by atoms with E-state index in [0.29, 0.717) is 17.0 Å². The second kappa shape index (κ2) is 7.70. The van der Waals surface area contributed by atoms with Gasteiger partial charge in [-0.2, -0.15) is 0 Å². The molecule has 0 aliphatic carbocycles. The van der Waals surface area contributed by atoms with Gasteiger partial charge < -0.3 is 0 Å². The summed E-state index contributed by atoms with van der Waals surface area (Å²) in [4.78, 5) is 13.1. The first-order valence-electron chi connectivity index (χ1n) is 9.38. The van der Waals surface area contributed by atoms with Crippen molar-refractivity contribution in [3.63, 3.8) is 0 Å². The second-order valence-corrected chi connectivity index (χ2v) is 8.91. The lowest BCUT2D eigenvalue weighted by molar-refractivity contribution is 0.626. The Morgan fingerprint density at radius 2 is 1.90 bits per heavy atom. The van der Waals surface area contributed by atoms with Gasteiger partial charge in [0.05, 0.1) is 12.1 Å². The number of aryl methyl sites for hydroxylation is 1. The fourth-order valence-electron chi connectivity index (χ4n) is 3.46. The number of benzene rings is 2. The van der Waals surface area contributed by atoms with Gasteiger partial charge in [-0.25, -0.2) is 4.39 Å². The Balaban J connectivity index is 1.59. The summed E-state index contributed by atoms with van der Waals surface area (Å²) in [6, 6.07) is 16.4. The molecule has 0 amide bonds. The molecule has 3 heterocycles. The quantitative estimate of drug-likeness (QED) is 0.368. The van der Waals surface area contributed by atoms with Crippen molar-refractivity contribution in [3.8, 4) is 0 Å². The molecular weight excluding hydrogens is 419 g/mol. The van der Waals surface area contributed by atoms with E-state index in [0.717, 1.165) is 22.0 Å². The molecule has 0 N–H and O–H groups in total. The molecule has 0 atom stereocenters. The molecule has 0 saturated heterocycles. The summed E-state index contributed by atoms with van der Waals surface area (Å²) >= 11 is 2.99. The van der Waals surface area contributed by atoms with Gasteiger partial charge in [0.25, 0.3) is 5.56 Å². The summed E-state index contributed by atoms with van der Waals surface area (Å²) in [5.41, 5.74) is 3.95.